The molecule has 1 amide bonds. The minimum Gasteiger partial charge on any atom is -0.383 e. The number of likely N-dealkylation sites (tertiary alicyclic amines) is 1. The normalized spacial score (nSPS) is 25.5. The maximum absolute atomic E-state index is 12.3. The summed E-state index contributed by atoms with van der Waals surface area (Å²) in [7, 11) is 1.75. The van der Waals surface area contributed by atoms with Gasteiger partial charge in [0.25, 0.3) is 0 Å². The number of hydrogen-bond acceptors (Lipinski definition) is 4. The molecule has 23 heavy (non-hydrogen) atoms. The number of ether oxygens (including phenoxy) is 1. The first-order valence-corrected chi connectivity index (χ1v) is 9.54. The Morgan fingerprint density at radius 3 is 2.83 bits per heavy atom. The summed E-state index contributed by atoms with van der Waals surface area (Å²) in [6.07, 6.45) is 3.39. The van der Waals surface area contributed by atoms with Crippen LogP contribution in [0.25, 0.3) is 0 Å². The third-order valence-electron chi connectivity index (χ3n) is 5.14. The first kappa shape index (κ1) is 16.9. The Bertz CT molecular complexity index is 523. The fourth-order valence-corrected chi connectivity index (χ4v) is 4.52. The third kappa shape index (κ3) is 4.55. The number of methoxy groups -OCH3 is 1. The predicted molar refractivity (Wildman–Crippen MR) is 94.0 cm³/mol. The second kappa shape index (κ2) is 7.77. The summed E-state index contributed by atoms with van der Waals surface area (Å²) in [5.74, 6) is 1.60. The van der Waals surface area contributed by atoms with Gasteiger partial charge in [-0.2, -0.15) is 0 Å². The summed E-state index contributed by atoms with van der Waals surface area (Å²) < 4.78 is 5.13. The van der Waals surface area contributed by atoms with Crippen molar-refractivity contribution in [3.8, 4) is 0 Å². The van der Waals surface area contributed by atoms with Crippen molar-refractivity contribution in [1.29, 1.82) is 0 Å². The Balaban J connectivity index is 1.35. The molecule has 1 aromatic heterocycles. The van der Waals surface area contributed by atoms with E-state index in [-0.39, 0.29) is 11.8 Å². The molecule has 4 nitrogen and oxygen atoms in total. The van der Waals surface area contributed by atoms with E-state index in [1.165, 1.54) is 22.6 Å². The third-order valence-corrected chi connectivity index (χ3v) is 6.27. The van der Waals surface area contributed by atoms with Crippen LogP contribution in [0.3, 0.4) is 0 Å². The van der Waals surface area contributed by atoms with E-state index in [1.54, 1.807) is 7.11 Å². The summed E-state index contributed by atoms with van der Waals surface area (Å²) in [4.78, 5) is 17.5. The van der Waals surface area contributed by atoms with Crippen LogP contribution in [0.5, 0.6) is 0 Å². The van der Waals surface area contributed by atoms with Gasteiger partial charge >= 0.3 is 0 Å². The van der Waals surface area contributed by atoms with Crippen molar-refractivity contribution in [1.82, 2.24) is 10.2 Å². The molecule has 1 N–H and O–H groups in total. The van der Waals surface area contributed by atoms with Crippen LogP contribution in [0, 0.1) is 18.8 Å². The minimum atomic E-state index is 0.217. The Kier molecular flexibility index (Phi) is 5.72. The Morgan fingerprint density at radius 2 is 2.17 bits per heavy atom. The van der Waals surface area contributed by atoms with E-state index in [0.29, 0.717) is 11.8 Å². The van der Waals surface area contributed by atoms with Gasteiger partial charge < -0.3 is 15.0 Å². The lowest BCUT2D eigenvalue weighted by Gasteiger charge is -2.31. The van der Waals surface area contributed by atoms with Crippen LogP contribution in [0.4, 0.5) is 0 Å². The lowest BCUT2D eigenvalue weighted by Crippen LogP contribution is -2.40. The molecule has 2 heterocycles. The largest absolute Gasteiger partial charge is 0.383 e. The molecule has 1 aromatic rings. The molecular formula is C18H28N2O2S. The molecule has 128 valence electrons. The zero-order chi connectivity index (χ0) is 16.2. The molecule has 1 saturated carbocycles. The number of nitrogens with zero attached hydrogens (tertiary/aromatic N) is 1. The average molecular weight is 337 g/mol. The monoisotopic (exact) mass is 336 g/mol. The van der Waals surface area contributed by atoms with Crippen LogP contribution in [0.15, 0.2) is 12.1 Å². The number of hydrogen-bond donors (Lipinski definition) is 1. The fraction of sp³-hybridized carbons (Fsp3) is 0.722. The molecule has 0 unspecified atom stereocenters. The number of carbonyl (C=O) groups excluding carboxylic acids is 1. The Labute approximate surface area is 143 Å². The second-order valence-corrected chi connectivity index (χ2v) is 8.24. The smallest absolute Gasteiger partial charge is 0.223 e. The number of amides is 1. The second-order valence-electron chi connectivity index (χ2n) is 6.92. The van der Waals surface area contributed by atoms with Gasteiger partial charge in [-0.3, -0.25) is 4.79 Å². The molecule has 3 rings (SSSR count). The van der Waals surface area contributed by atoms with Crippen molar-refractivity contribution >= 4 is 17.2 Å². The number of thiophene rings is 1. The average Bonchev–Trinajstić information content (AvgIpc) is 3.26. The minimum absolute atomic E-state index is 0.217. The summed E-state index contributed by atoms with van der Waals surface area (Å²) in [6, 6.07) is 4.35. The molecule has 1 aliphatic carbocycles. The van der Waals surface area contributed by atoms with Gasteiger partial charge in [0.15, 0.2) is 0 Å². The first-order valence-electron chi connectivity index (χ1n) is 8.72. The highest BCUT2D eigenvalue weighted by atomic mass is 32.1. The van der Waals surface area contributed by atoms with Crippen molar-refractivity contribution in [2.24, 2.45) is 11.8 Å². The highest BCUT2D eigenvalue weighted by Gasteiger charge is 2.44. The highest BCUT2D eigenvalue weighted by molar-refractivity contribution is 7.12. The Morgan fingerprint density at radius 1 is 1.39 bits per heavy atom. The number of carbonyl (C=O) groups is 1. The Hall–Kier alpha value is -0.910. The van der Waals surface area contributed by atoms with Crippen LogP contribution >= 0.6 is 11.3 Å². The quantitative estimate of drug-likeness (QED) is 0.832. The van der Waals surface area contributed by atoms with Gasteiger partial charge in [0.05, 0.1) is 6.61 Å². The number of nitrogens with one attached hydrogen (secondary N) is 1. The van der Waals surface area contributed by atoms with Gasteiger partial charge in [0.2, 0.25) is 5.91 Å². The molecule has 0 spiro atoms. The van der Waals surface area contributed by atoms with Crippen molar-refractivity contribution in [3.63, 3.8) is 0 Å². The van der Waals surface area contributed by atoms with Crippen molar-refractivity contribution in [2.45, 2.75) is 32.1 Å². The molecule has 0 aromatic carbocycles. The molecule has 2 atom stereocenters. The van der Waals surface area contributed by atoms with Gasteiger partial charge in [-0.1, -0.05) is 0 Å². The van der Waals surface area contributed by atoms with Crippen LogP contribution in [0.1, 0.15) is 34.9 Å². The fourth-order valence-electron chi connectivity index (χ4n) is 3.46. The zero-order valence-electron chi connectivity index (χ0n) is 14.2. The van der Waals surface area contributed by atoms with Crippen LogP contribution in [0.2, 0.25) is 0 Å². The highest BCUT2D eigenvalue weighted by Crippen LogP contribution is 2.49. The maximum atomic E-state index is 12.3. The molecule has 0 radical (unpaired) electrons. The van der Waals surface area contributed by atoms with Crippen LogP contribution in [-0.2, 0) is 9.53 Å². The van der Waals surface area contributed by atoms with Crippen LogP contribution in [-0.4, -0.2) is 50.7 Å². The molecular weight excluding hydrogens is 308 g/mol. The van der Waals surface area contributed by atoms with E-state index in [1.807, 2.05) is 11.3 Å². The lowest BCUT2D eigenvalue weighted by molar-refractivity contribution is -0.122. The summed E-state index contributed by atoms with van der Waals surface area (Å²) in [5, 5.41) is 3.20. The lowest BCUT2D eigenvalue weighted by atomic mass is 9.97. The molecule has 1 saturated heterocycles. The van der Waals surface area contributed by atoms with Gasteiger partial charge in [0, 0.05) is 41.8 Å². The molecule has 5 heteroatoms. The number of piperidine rings is 1. The van der Waals surface area contributed by atoms with Crippen molar-refractivity contribution < 1.29 is 9.53 Å². The van der Waals surface area contributed by atoms with Gasteiger partial charge in [0.1, 0.15) is 0 Å². The van der Waals surface area contributed by atoms with Gasteiger partial charge in [-0.25, -0.2) is 0 Å². The van der Waals surface area contributed by atoms with Gasteiger partial charge in [-0.15, -0.1) is 11.3 Å². The zero-order valence-corrected chi connectivity index (χ0v) is 15.0. The topological polar surface area (TPSA) is 41.6 Å². The van der Waals surface area contributed by atoms with Gasteiger partial charge in [-0.05, 0) is 57.3 Å². The summed E-state index contributed by atoms with van der Waals surface area (Å²) >= 11 is 1.84. The standard InChI is InChI=1S/C18H28N2O2S/c1-13-3-4-17(23-13)15-11-16(15)18(21)19-12-14-5-7-20(8-6-14)9-10-22-2/h3-4,14-16H,5-12H2,1-2H3,(H,19,21)/t15-,16+/m1/s1. The van der Waals surface area contributed by atoms with E-state index in [0.717, 1.165) is 39.2 Å². The van der Waals surface area contributed by atoms with Crippen LogP contribution < -0.4 is 5.32 Å². The van der Waals surface area contributed by atoms with Crippen molar-refractivity contribution in [3.05, 3.63) is 21.9 Å². The molecule has 0 bridgehead atoms. The maximum Gasteiger partial charge on any atom is 0.223 e. The van der Waals surface area contributed by atoms with E-state index in [2.05, 4.69) is 29.3 Å². The van der Waals surface area contributed by atoms with Crippen molar-refractivity contribution in [2.75, 3.05) is 39.9 Å². The SMILES string of the molecule is COCCN1CCC(CNC(=O)[C@H]2C[C@H]2c2ccc(C)s2)CC1. The predicted octanol–water partition coefficient (Wildman–Crippen LogP) is 2.63. The van der Waals surface area contributed by atoms with E-state index < -0.39 is 0 Å². The summed E-state index contributed by atoms with van der Waals surface area (Å²) in [5.41, 5.74) is 0. The van der Waals surface area contributed by atoms with E-state index >= 15 is 0 Å². The van der Waals surface area contributed by atoms with E-state index in [9.17, 15) is 4.79 Å². The number of rotatable bonds is 7. The summed E-state index contributed by atoms with van der Waals surface area (Å²) in [6.45, 7) is 7.08. The molecule has 2 fully saturated rings. The molecule has 2 aliphatic rings. The molecule has 1 aliphatic heterocycles. The number of aryl methyl sites for hydroxylation is 1. The first-order chi connectivity index (χ1) is 11.2. The van der Waals surface area contributed by atoms with E-state index in [4.69, 9.17) is 4.74 Å².